The van der Waals surface area contributed by atoms with E-state index in [1.807, 2.05) is 17.0 Å². The molecule has 0 aliphatic carbocycles. The molecule has 1 aromatic heterocycles. The van der Waals surface area contributed by atoms with Crippen molar-refractivity contribution in [3.8, 4) is 5.75 Å². The minimum atomic E-state index is 0.531. The highest BCUT2D eigenvalue weighted by Gasteiger charge is 2.06. The maximum Gasteiger partial charge on any atom is 0.131 e. The van der Waals surface area contributed by atoms with Crippen molar-refractivity contribution in [2.45, 2.75) is 33.9 Å². The van der Waals surface area contributed by atoms with Gasteiger partial charge in [0.2, 0.25) is 0 Å². The third-order valence-corrected chi connectivity index (χ3v) is 3.58. The van der Waals surface area contributed by atoms with Crippen molar-refractivity contribution in [3.63, 3.8) is 0 Å². The third-order valence-electron chi connectivity index (χ3n) is 2.94. The van der Waals surface area contributed by atoms with Crippen LogP contribution in [0.3, 0.4) is 0 Å². The van der Waals surface area contributed by atoms with E-state index in [2.05, 4.69) is 43.2 Å². The van der Waals surface area contributed by atoms with Crippen molar-refractivity contribution < 1.29 is 4.74 Å². The Labute approximate surface area is 125 Å². The lowest BCUT2D eigenvalue weighted by molar-refractivity contribution is 0.298. The van der Waals surface area contributed by atoms with Gasteiger partial charge in [0, 0.05) is 17.5 Å². The number of benzene rings is 1. The molecule has 2 aromatic rings. The average molecular weight is 290 g/mol. The minimum Gasteiger partial charge on any atom is -0.487 e. The lowest BCUT2D eigenvalue weighted by Crippen LogP contribution is -2.19. The Bertz CT molecular complexity index is 523. The SMILES string of the molecule is Cc1ccc(OCc2cscn2)c(CNCC(C)C)c1. The minimum absolute atomic E-state index is 0.531. The Morgan fingerprint density at radius 2 is 2.20 bits per heavy atom. The molecule has 0 fully saturated rings. The summed E-state index contributed by atoms with van der Waals surface area (Å²) >= 11 is 1.59. The highest BCUT2D eigenvalue weighted by Crippen LogP contribution is 2.21. The van der Waals surface area contributed by atoms with Gasteiger partial charge in [-0.1, -0.05) is 31.5 Å². The van der Waals surface area contributed by atoms with Crippen LogP contribution in [0.15, 0.2) is 29.1 Å². The monoisotopic (exact) mass is 290 g/mol. The summed E-state index contributed by atoms with van der Waals surface area (Å²) < 4.78 is 5.90. The average Bonchev–Trinajstić information content (AvgIpc) is 2.90. The standard InChI is InChI=1S/C16H22N2OS/c1-12(2)7-17-8-14-6-13(3)4-5-16(14)19-9-15-10-20-11-18-15/h4-6,10-12,17H,7-9H2,1-3H3. The number of ether oxygens (including phenoxy) is 1. The van der Waals surface area contributed by atoms with Crippen molar-refractivity contribution in [2.75, 3.05) is 6.54 Å². The third kappa shape index (κ3) is 4.62. The second-order valence-electron chi connectivity index (χ2n) is 5.40. The molecule has 2 rings (SSSR count). The van der Waals surface area contributed by atoms with Crippen molar-refractivity contribution in [1.29, 1.82) is 0 Å². The van der Waals surface area contributed by atoms with E-state index in [-0.39, 0.29) is 0 Å². The fourth-order valence-electron chi connectivity index (χ4n) is 1.94. The Hall–Kier alpha value is -1.39. The molecular formula is C16H22N2OS. The van der Waals surface area contributed by atoms with Gasteiger partial charge in [-0.05, 0) is 25.5 Å². The summed E-state index contributed by atoms with van der Waals surface area (Å²) in [4.78, 5) is 4.24. The van der Waals surface area contributed by atoms with E-state index in [1.165, 1.54) is 11.1 Å². The van der Waals surface area contributed by atoms with Crippen LogP contribution in [0.4, 0.5) is 0 Å². The molecule has 0 radical (unpaired) electrons. The van der Waals surface area contributed by atoms with Gasteiger partial charge in [0.15, 0.2) is 0 Å². The summed E-state index contributed by atoms with van der Waals surface area (Å²) in [6.45, 7) is 8.91. The summed E-state index contributed by atoms with van der Waals surface area (Å²) in [6.07, 6.45) is 0. The number of rotatable bonds is 7. The second kappa shape index (κ2) is 7.41. The molecule has 4 heteroatoms. The smallest absolute Gasteiger partial charge is 0.131 e. The predicted octanol–water partition coefficient (Wildman–Crippen LogP) is 3.78. The van der Waals surface area contributed by atoms with Crippen LogP contribution in [0.2, 0.25) is 0 Å². The van der Waals surface area contributed by atoms with E-state index >= 15 is 0 Å². The molecule has 0 saturated heterocycles. The zero-order valence-corrected chi connectivity index (χ0v) is 13.2. The predicted molar refractivity (Wildman–Crippen MR) is 84.2 cm³/mol. The van der Waals surface area contributed by atoms with Gasteiger partial charge in [0.25, 0.3) is 0 Å². The van der Waals surface area contributed by atoms with Crippen LogP contribution in [0.1, 0.15) is 30.7 Å². The molecule has 108 valence electrons. The molecule has 0 bridgehead atoms. The van der Waals surface area contributed by atoms with Crippen molar-refractivity contribution in [2.24, 2.45) is 5.92 Å². The van der Waals surface area contributed by atoms with Crippen molar-refractivity contribution in [3.05, 3.63) is 45.9 Å². The largest absolute Gasteiger partial charge is 0.487 e. The molecule has 0 amide bonds. The van der Waals surface area contributed by atoms with Crippen molar-refractivity contribution in [1.82, 2.24) is 10.3 Å². The van der Waals surface area contributed by atoms with Crippen LogP contribution in [0.25, 0.3) is 0 Å². The molecule has 1 heterocycles. The van der Waals surface area contributed by atoms with Crippen LogP contribution in [-0.2, 0) is 13.2 Å². The van der Waals surface area contributed by atoms with Gasteiger partial charge in [-0.25, -0.2) is 4.98 Å². The summed E-state index contributed by atoms with van der Waals surface area (Å²) in [5.41, 5.74) is 5.28. The number of aryl methyl sites for hydroxylation is 1. The van der Waals surface area contributed by atoms with E-state index in [1.54, 1.807) is 11.3 Å². The molecule has 1 aromatic carbocycles. The zero-order chi connectivity index (χ0) is 14.4. The molecule has 0 atom stereocenters. The maximum absolute atomic E-state index is 5.90. The van der Waals surface area contributed by atoms with E-state index in [0.29, 0.717) is 12.5 Å². The Balaban J connectivity index is 1.99. The highest BCUT2D eigenvalue weighted by molar-refractivity contribution is 7.07. The Morgan fingerprint density at radius 1 is 1.35 bits per heavy atom. The van der Waals surface area contributed by atoms with Gasteiger partial charge >= 0.3 is 0 Å². The molecule has 1 N–H and O–H groups in total. The number of hydrogen-bond donors (Lipinski definition) is 1. The quantitative estimate of drug-likeness (QED) is 0.842. The van der Waals surface area contributed by atoms with E-state index in [0.717, 1.165) is 24.5 Å². The number of thiazole rings is 1. The molecule has 20 heavy (non-hydrogen) atoms. The van der Waals surface area contributed by atoms with Crippen molar-refractivity contribution >= 4 is 11.3 Å². The van der Waals surface area contributed by atoms with Gasteiger partial charge < -0.3 is 10.1 Å². The normalized spacial score (nSPS) is 11.0. The Morgan fingerprint density at radius 3 is 2.90 bits per heavy atom. The second-order valence-corrected chi connectivity index (χ2v) is 6.12. The molecule has 0 unspecified atom stereocenters. The number of hydrogen-bond acceptors (Lipinski definition) is 4. The number of nitrogens with one attached hydrogen (secondary N) is 1. The maximum atomic E-state index is 5.90. The molecular weight excluding hydrogens is 268 g/mol. The Kier molecular flexibility index (Phi) is 5.56. The van der Waals surface area contributed by atoms with Crippen LogP contribution in [0.5, 0.6) is 5.75 Å². The van der Waals surface area contributed by atoms with Gasteiger partial charge in [-0.15, -0.1) is 11.3 Å². The van der Waals surface area contributed by atoms with Crippen LogP contribution in [-0.4, -0.2) is 11.5 Å². The molecule has 0 aliphatic heterocycles. The highest BCUT2D eigenvalue weighted by atomic mass is 32.1. The molecule has 0 spiro atoms. The van der Waals surface area contributed by atoms with E-state index in [4.69, 9.17) is 4.74 Å². The first-order valence-corrected chi connectivity index (χ1v) is 7.89. The van der Waals surface area contributed by atoms with Gasteiger partial charge in [-0.2, -0.15) is 0 Å². The fraction of sp³-hybridized carbons (Fsp3) is 0.438. The van der Waals surface area contributed by atoms with Gasteiger partial charge in [-0.3, -0.25) is 0 Å². The summed E-state index contributed by atoms with van der Waals surface area (Å²) in [6, 6.07) is 6.32. The first-order chi connectivity index (χ1) is 9.65. The van der Waals surface area contributed by atoms with Gasteiger partial charge in [0.05, 0.1) is 11.2 Å². The van der Waals surface area contributed by atoms with Crippen LogP contribution < -0.4 is 10.1 Å². The first-order valence-electron chi connectivity index (χ1n) is 6.95. The summed E-state index contributed by atoms with van der Waals surface area (Å²) in [5.74, 6) is 1.60. The van der Waals surface area contributed by atoms with Gasteiger partial charge in [0.1, 0.15) is 12.4 Å². The molecule has 0 aliphatic rings. The topological polar surface area (TPSA) is 34.1 Å². The zero-order valence-electron chi connectivity index (χ0n) is 12.3. The summed E-state index contributed by atoms with van der Waals surface area (Å²) in [5, 5.41) is 5.49. The van der Waals surface area contributed by atoms with E-state index in [9.17, 15) is 0 Å². The summed E-state index contributed by atoms with van der Waals surface area (Å²) in [7, 11) is 0. The van der Waals surface area contributed by atoms with Crippen LogP contribution in [0, 0.1) is 12.8 Å². The van der Waals surface area contributed by atoms with Crippen LogP contribution >= 0.6 is 11.3 Å². The lowest BCUT2D eigenvalue weighted by atomic mass is 10.1. The lowest BCUT2D eigenvalue weighted by Gasteiger charge is -2.13. The number of aromatic nitrogens is 1. The fourth-order valence-corrected chi connectivity index (χ4v) is 2.49. The molecule has 0 saturated carbocycles. The van der Waals surface area contributed by atoms with E-state index < -0.39 is 0 Å². The first kappa shape index (κ1) is 15.0. The molecule has 3 nitrogen and oxygen atoms in total. The number of nitrogens with zero attached hydrogens (tertiary/aromatic N) is 1.